The van der Waals surface area contributed by atoms with Crippen molar-refractivity contribution in [2.45, 2.75) is 19.3 Å². The largest absolute Gasteiger partial charge is 0.495 e. The Morgan fingerprint density at radius 3 is 2.50 bits per heavy atom. The first-order chi connectivity index (χ1) is 15.5. The number of aromatic nitrogens is 2. The lowest BCUT2D eigenvalue weighted by atomic mass is 9.90. The molecule has 0 spiro atoms. The number of benzene rings is 2. The number of rotatable bonds is 7. The number of hydrogen-bond acceptors (Lipinski definition) is 8. The molecule has 9 nitrogen and oxygen atoms in total. The SMILES string of the molecule is COc1ccccc1Nc1nc(N2CCC(Cc3ccccc3)CC2)nc(N)c1[N+](=O)[O-]. The molecule has 2 aromatic carbocycles. The maximum atomic E-state index is 11.7. The van der Waals surface area contributed by atoms with Crippen LogP contribution in [0.25, 0.3) is 0 Å². The highest BCUT2D eigenvalue weighted by atomic mass is 16.6. The van der Waals surface area contributed by atoms with Crippen LogP contribution in [0.2, 0.25) is 0 Å². The molecule has 1 fully saturated rings. The van der Waals surface area contributed by atoms with E-state index in [0.717, 1.165) is 32.4 Å². The van der Waals surface area contributed by atoms with E-state index in [0.29, 0.717) is 23.3 Å². The molecule has 0 amide bonds. The predicted octanol–water partition coefficient (Wildman–Crippen LogP) is 4.18. The van der Waals surface area contributed by atoms with Gasteiger partial charge in [0.05, 0.1) is 17.7 Å². The van der Waals surface area contributed by atoms with Crippen molar-refractivity contribution >= 4 is 29.0 Å². The Morgan fingerprint density at radius 1 is 1.12 bits per heavy atom. The van der Waals surface area contributed by atoms with E-state index < -0.39 is 4.92 Å². The van der Waals surface area contributed by atoms with Crippen molar-refractivity contribution in [2.75, 3.05) is 36.1 Å². The maximum absolute atomic E-state index is 11.7. The molecule has 1 aromatic heterocycles. The number of piperidine rings is 1. The van der Waals surface area contributed by atoms with Gasteiger partial charge < -0.3 is 20.7 Å². The zero-order valence-electron chi connectivity index (χ0n) is 17.9. The fourth-order valence-electron chi connectivity index (χ4n) is 4.03. The van der Waals surface area contributed by atoms with Gasteiger partial charge in [-0.1, -0.05) is 42.5 Å². The zero-order valence-corrected chi connectivity index (χ0v) is 17.9. The van der Waals surface area contributed by atoms with Gasteiger partial charge in [-0.2, -0.15) is 9.97 Å². The van der Waals surface area contributed by atoms with Gasteiger partial charge in [0.25, 0.3) is 0 Å². The highest BCUT2D eigenvalue weighted by Gasteiger charge is 2.28. The van der Waals surface area contributed by atoms with Gasteiger partial charge in [0.2, 0.25) is 17.6 Å². The fraction of sp³-hybridized carbons (Fsp3) is 0.304. The molecule has 0 aliphatic carbocycles. The van der Waals surface area contributed by atoms with Gasteiger partial charge in [0.1, 0.15) is 5.75 Å². The second-order valence-electron chi connectivity index (χ2n) is 7.81. The molecule has 166 valence electrons. The summed E-state index contributed by atoms with van der Waals surface area (Å²) in [5.41, 5.74) is 7.54. The molecule has 1 aliphatic rings. The highest BCUT2D eigenvalue weighted by Crippen LogP contribution is 2.35. The van der Waals surface area contributed by atoms with Crippen molar-refractivity contribution in [3.63, 3.8) is 0 Å². The molecule has 0 atom stereocenters. The lowest BCUT2D eigenvalue weighted by molar-refractivity contribution is -0.383. The minimum atomic E-state index is -0.567. The molecule has 0 radical (unpaired) electrons. The number of para-hydroxylation sites is 2. The van der Waals surface area contributed by atoms with Crippen LogP contribution in [-0.4, -0.2) is 35.1 Å². The quantitative estimate of drug-likeness (QED) is 0.420. The lowest BCUT2D eigenvalue weighted by Crippen LogP contribution is -2.35. The minimum absolute atomic E-state index is 0.0495. The van der Waals surface area contributed by atoms with E-state index in [1.165, 1.54) is 12.7 Å². The standard InChI is InChI=1S/C23H26N6O3/c1-32-19-10-6-5-9-18(19)25-22-20(29(30)31)21(24)26-23(27-22)28-13-11-17(12-14-28)15-16-7-3-2-4-8-16/h2-10,17H,11-15H2,1H3,(H3,24,25,26,27). The third-order valence-electron chi connectivity index (χ3n) is 5.71. The molecule has 4 rings (SSSR count). The molecular weight excluding hydrogens is 408 g/mol. The van der Waals surface area contributed by atoms with E-state index in [-0.39, 0.29) is 17.3 Å². The molecular formula is C23H26N6O3. The van der Waals surface area contributed by atoms with Crippen LogP contribution in [0.5, 0.6) is 5.75 Å². The molecule has 9 heteroatoms. The van der Waals surface area contributed by atoms with Gasteiger partial charge in [0.15, 0.2) is 0 Å². The smallest absolute Gasteiger partial charge is 0.353 e. The number of hydrogen-bond donors (Lipinski definition) is 2. The van der Waals surface area contributed by atoms with Crippen molar-refractivity contribution in [2.24, 2.45) is 5.92 Å². The fourth-order valence-corrected chi connectivity index (χ4v) is 4.03. The summed E-state index contributed by atoms with van der Waals surface area (Å²) in [6, 6.07) is 17.6. The Hall–Kier alpha value is -3.88. The number of ether oxygens (including phenoxy) is 1. The van der Waals surface area contributed by atoms with Crippen molar-refractivity contribution in [3.8, 4) is 5.75 Å². The third kappa shape index (κ3) is 4.72. The third-order valence-corrected chi connectivity index (χ3v) is 5.71. The molecule has 2 heterocycles. The summed E-state index contributed by atoms with van der Waals surface area (Å²) in [6.45, 7) is 1.53. The average molecular weight is 435 g/mol. The highest BCUT2D eigenvalue weighted by molar-refractivity contribution is 5.76. The van der Waals surface area contributed by atoms with E-state index in [4.69, 9.17) is 10.5 Å². The molecule has 3 N–H and O–H groups in total. The normalized spacial score (nSPS) is 14.2. The Bertz CT molecular complexity index is 1080. The molecule has 0 bridgehead atoms. The van der Waals surface area contributed by atoms with Crippen LogP contribution in [0.3, 0.4) is 0 Å². The van der Waals surface area contributed by atoms with Gasteiger partial charge in [-0.15, -0.1) is 0 Å². The Morgan fingerprint density at radius 2 is 1.81 bits per heavy atom. The monoisotopic (exact) mass is 434 g/mol. The van der Waals surface area contributed by atoms with Crippen molar-refractivity contribution < 1.29 is 9.66 Å². The molecule has 0 saturated carbocycles. The van der Waals surface area contributed by atoms with Crippen LogP contribution in [0, 0.1) is 16.0 Å². The Kier molecular flexibility index (Phi) is 6.34. The number of nitrogen functional groups attached to an aromatic ring is 1. The van der Waals surface area contributed by atoms with Gasteiger partial charge in [-0.05, 0) is 42.9 Å². The first kappa shape index (κ1) is 21.4. The van der Waals surface area contributed by atoms with E-state index in [2.05, 4.69) is 39.6 Å². The maximum Gasteiger partial charge on any atom is 0.353 e. The van der Waals surface area contributed by atoms with Crippen LogP contribution < -0.4 is 20.7 Å². The van der Waals surface area contributed by atoms with Gasteiger partial charge in [-0.25, -0.2) is 0 Å². The van der Waals surface area contributed by atoms with E-state index >= 15 is 0 Å². The van der Waals surface area contributed by atoms with E-state index in [1.807, 2.05) is 17.0 Å². The minimum Gasteiger partial charge on any atom is -0.495 e. The number of nitrogens with one attached hydrogen (secondary N) is 1. The molecule has 0 unspecified atom stereocenters. The summed E-state index contributed by atoms with van der Waals surface area (Å²) < 4.78 is 5.34. The molecule has 1 saturated heterocycles. The summed E-state index contributed by atoms with van der Waals surface area (Å²) in [4.78, 5) is 21.9. The first-order valence-electron chi connectivity index (χ1n) is 10.6. The summed E-state index contributed by atoms with van der Waals surface area (Å²) in [5.74, 6) is 1.40. The van der Waals surface area contributed by atoms with Crippen LogP contribution in [0.4, 0.5) is 29.0 Å². The number of nitrogens with zero attached hydrogens (tertiary/aromatic N) is 4. The Labute approximate surface area is 186 Å². The number of nitro groups is 1. The summed E-state index contributed by atoms with van der Waals surface area (Å²) in [7, 11) is 1.54. The summed E-state index contributed by atoms with van der Waals surface area (Å²) in [6.07, 6.45) is 3.02. The second kappa shape index (κ2) is 9.51. The van der Waals surface area contributed by atoms with Crippen molar-refractivity contribution in [1.82, 2.24) is 9.97 Å². The zero-order chi connectivity index (χ0) is 22.5. The van der Waals surface area contributed by atoms with Crippen LogP contribution in [0.15, 0.2) is 54.6 Å². The lowest BCUT2D eigenvalue weighted by Gasteiger charge is -2.32. The van der Waals surface area contributed by atoms with Crippen LogP contribution >= 0.6 is 0 Å². The molecule has 3 aromatic rings. The van der Waals surface area contributed by atoms with Gasteiger partial charge in [0, 0.05) is 13.1 Å². The molecule has 1 aliphatic heterocycles. The topological polar surface area (TPSA) is 119 Å². The van der Waals surface area contributed by atoms with Gasteiger partial charge >= 0.3 is 5.69 Å². The van der Waals surface area contributed by atoms with E-state index in [1.54, 1.807) is 18.2 Å². The van der Waals surface area contributed by atoms with Crippen LogP contribution in [0.1, 0.15) is 18.4 Å². The molecule has 32 heavy (non-hydrogen) atoms. The number of methoxy groups -OCH3 is 1. The van der Waals surface area contributed by atoms with Crippen molar-refractivity contribution in [1.29, 1.82) is 0 Å². The first-order valence-corrected chi connectivity index (χ1v) is 10.6. The Balaban J connectivity index is 1.54. The second-order valence-corrected chi connectivity index (χ2v) is 7.81. The van der Waals surface area contributed by atoms with Gasteiger partial charge in [-0.3, -0.25) is 10.1 Å². The predicted molar refractivity (Wildman–Crippen MR) is 124 cm³/mol. The summed E-state index contributed by atoms with van der Waals surface area (Å²) >= 11 is 0. The average Bonchev–Trinajstić information content (AvgIpc) is 2.80. The number of nitrogens with two attached hydrogens (primary N) is 1. The number of anilines is 4. The summed E-state index contributed by atoms with van der Waals surface area (Å²) in [5, 5.41) is 14.7. The van der Waals surface area contributed by atoms with Crippen molar-refractivity contribution in [3.05, 3.63) is 70.3 Å². The van der Waals surface area contributed by atoms with E-state index in [9.17, 15) is 10.1 Å². The van der Waals surface area contributed by atoms with Crippen LogP contribution in [-0.2, 0) is 6.42 Å².